The highest BCUT2D eigenvalue weighted by Gasteiger charge is 2.08. The molecule has 1 unspecified atom stereocenters. The van der Waals surface area contributed by atoms with Gasteiger partial charge in [0.25, 0.3) is 0 Å². The zero-order valence-corrected chi connectivity index (χ0v) is 14.6. The van der Waals surface area contributed by atoms with Crippen LogP contribution in [0.4, 0.5) is 5.82 Å². The summed E-state index contributed by atoms with van der Waals surface area (Å²) in [5.74, 6) is 1.43. The molecule has 0 radical (unpaired) electrons. The van der Waals surface area contributed by atoms with Crippen LogP contribution < -0.4 is 15.8 Å². The van der Waals surface area contributed by atoms with E-state index in [0.717, 1.165) is 22.6 Å². The maximum absolute atomic E-state index is 5.72. The number of ether oxygens (including phenoxy) is 1. The van der Waals surface area contributed by atoms with Gasteiger partial charge in [-0.3, -0.25) is 0 Å². The van der Waals surface area contributed by atoms with Crippen molar-refractivity contribution in [2.45, 2.75) is 19.5 Å². The first-order valence-corrected chi connectivity index (χ1v) is 8.35. The van der Waals surface area contributed by atoms with Crippen molar-refractivity contribution in [3.05, 3.63) is 78.0 Å². The first kappa shape index (κ1) is 17.0. The van der Waals surface area contributed by atoms with Gasteiger partial charge >= 0.3 is 0 Å². The van der Waals surface area contributed by atoms with Crippen molar-refractivity contribution >= 4 is 5.82 Å². The minimum absolute atomic E-state index is 0.218. The van der Waals surface area contributed by atoms with E-state index in [2.05, 4.69) is 47.6 Å². The molecule has 2 aromatic carbocycles. The quantitative estimate of drug-likeness (QED) is 0.710. The van der Waals surface area contributed by atoms with Gasteiger partial charge in [-0.05, 0) is 36.2 Å². The molecule has 3 rings (SSSR count). The fraction of sp³-hybridized carbons (Fsp3) is 0.190. The molecule has 1 heterocycles. The number of anilines is 1. The van der Waals surface area contributed by atoms with Crippen LogP contribution in [0.2, 0.25) is 0 Å². The number of methoxy groups -OCH3 is 1. The molecule has 4 nitrogen and oxygen atoms in total. The average Bonchev–Trinajstić information content (AvgIpc) is 2.66. The maximum Gasteiger partial charge on any atom is 0.126 e. The second kappa shape index (κ2) is 7.81. The van der Waals surface area contributed by atoms with Gasteiger partial charge in [-0.25, -0.2) is 4.98 Å². The summed E-state index contributed by atoms with van der Waals surface area (Å²) in [7, 11) is 1.70. The average molecular weight is 333 g/mol. The van der Waals surface area contributed by atoms with Crippen LogP contribution in [0.3, 0.4) is 0 Å². The lowest BCUT2D eigenvalue weighted by Gasteiger charge is -2.15. The van der Waals surface area contributed by atoms with Crippen molar-refractivity contribution in [2.24, 2.45) is 0 Å². The van der Waals surface area contributed by atoms with Gasteiger partial charge in [0.05, 0.1) is 12.8 Å². The zero-order valence-electron chi connectivity index (χ0n) is 14.6. The van der Waals surface area contributed by atoms with Gasteiger partial charge in [-0.2, -0.15) is 0 Å². The van der Waals surface area contributed by atoms with Gasteiger partial charge in [0.2, 0.25) is 0 Å². The van der Waals surface area contributed by atoms with Gasteiger partial charge in [0.15, 0.2) is 0 Å². The summed E-state index contributed by atoms with van der Waals surface area (Å²) in [4.78, 5) is 4.31. The van der Waals surface area contributed by atoms with Crippen LogP contribution in [0.15, 0.2) is 66.7 Å². The Balaban J connectivity index is 1.69. The topological polar surface area (TPSA) is 60.2 Å². The van der Waals surface area contributed by atoms with Crippen molar-refractivity contribution in [1.82, 2.24) is 10.3 Å². The minimum Gasteiger partial charge on any atom is -0.496 e. The third kappa shape index (κ3) is 4.17. The lowest BCUT2D eigenvalue weighted by Crippen LogP contribution is -2.18. The first-order chi connectivity index (χ1) is 12.2. The van der Waals surface area contributed by atoms with Gasteiger partial charge < -0.3 is 15.8 Å². The fourth-order valence-corrected chi connectivity index (χ4v) is 2.81. The number of hydrogen-bond donors (Lipinski definition) is 2. The highest BCUT2D eigenvalue weighted by Crippen LogP contribution is 2.30. The Hall–Kier alpha value is -2.85. The smallest absolute Gasteiger partial charge is 0.126 e. The molecule has 1 atom stereocenters. The third-order valence-corrected chi connectivity index (χ3v) is 4.25. The van der Waals surface area contributed by atoms with Crippen LogP contribution in [0.1, 0.15) is 24.2 Å². The number of para-hydroxylation sites is 1. The fourth-order valence-electron chi connectivity index (χ4n) is 2.81. The van der Waals surface area contributed by atoms with E-state index in [-0.39, 0.29) is 6.04 Å². The zero-order chi connectivity index (χ0) is 17.6. The monoisotopic (exact) mass is 333 g/mol. The van der Waals surface area contributed by atoms with Crippen LogP contribution in [-0.2, 0) is 6.54 Å². The van der Waals surface area contributed by atoms with E-state index >= 15 is 0 Å². The molecule has 3 aromatic rings. The SMILES string of the molecule is COc1ccccc1-c1ccc(C(C)NCc2cccc(N)n2)cc1. The molecule has 0 aliphatic carbocycles. The number of nitrogens with zero attached hydrogens (tertiary/aromatic N) is 1. The number of nitrogens with two attached hydrogens (primary N) is 1. The number of benzene rings is 2. The van der Waals surface area contributed by atoms with Crippen molar-refractivity contribution in [3.63, 3.8) is 0 Å². The standard InChI is InChI=1S/C21H23N3O/c1-15(23-14-18-6-5-9-21(22)24-18)16-10-12-17(13-11-16)19-7-3-4-8-20(19)25-2/h3-13,15,23H,14H2,1-2H3,(H2,22,24). The minimum atomic E-state index is 0.218. The van der Waals surface area contributed by atoms with Crippen molar-refractivity contribution in [2.75, 3.05) is 12.8 Å². The molecular formula is C21H23N3O. The summed E-state index contributed by atoms with van der Waals surface area (Å²) in [6.45, 7) is 2.82. The second-order valence-electron chi connectivity index (χ2n) is 5.98. The Kier molecular flexibility index (Phi) is 5.31. The maximum atomic E-state index is 5.72. The molecule has 0 aliphatic heterocycles. The van der Waals surface area contributed by atoms with Crippen molar-refractivity contribution in [1.29, 1.82) is 0 Å². The lowest BCUT2D eigenvalue weighted by atomic mass is 10.0. The van der Waals surface area contributed by atoms with E-state index < -0.39 is 0 Å². The summed E-state index contributed by atoms with van der Waals surface area (Å²) in [5.41, 5.74) is 10.1. The van der Waals surface area contributed by atoms with E-state index in [0.29, 0.717) is 12.4 Å². The second-order valence-corrected chi connectivity index (χ2v) is 5.98. The molecule has 0 amide bonds. The van der Waals surface area contributed by atoms with Gasteiger partial charge in [-0.15, -0.1) is 0 Å². The van der Waals surface area contributed by atoms with E-state index in [9.17, 15) is 0 Å². The Bertz CT molecular complexity index is 831. The highest BCUT2D eigenvalue weighted by molar-refractivity contribution is 5.70. The molecule has 4 heteroatoms. The Morgan fingerprint density at radius 2 is 1.76 bits per heavy atom. The molecular weight excluding hydrogens is 310 g/mol. The predicted molar refractivity (Wildman–Crippen MR) is 102 cm³/mol. The van der Waals surface area contributed by atoms with Crippen molar-refractivity contribution < 1.29 is 4.74 Å². The number of hydrogen-bond acceptors (Lipinski definition) is 4. The lowest BCUT2D eigenvalue weighted by molar-refractivity contribution is 0.416. The van der Waals surface area contributed by atoms with Gasteiger partial charge in [0, 0.05) is 18.2 Å². The van der Waals surface area contributed by atoms with E-state index in [1.807, 2.05) is 30.3 Å². The summed E-state index contributed by atoms with van der Waals surface area (Å²) in [6, 6.07) is 22.5. The molecule has 0 fully saturated rings. The summed E-state index contributed by atoms with van der Waals surface area (Å²) in [5, 5.41) is 3.48. The molecule has 0 aliphatic rings. The van der Waals surface area contributed by atoms with Gasteiger partial charge in [0.1, 0.15) is 11.6 Å². The largest absolute Gasteiger partial charge is 0.496 e. The van der Waals surface area contributed by atoms with Crippen LogP contribution in [0.25, 0.3) is 11.1 Å². The highest BCUT2D eigenvalue weighted by atomic mass is 16.5. The summed E-state index contributed by atoms with van der Waals surface area (Å²) in [6.07, 6.45) is 0. The molecule has 0 saturated carbocycles. The Morgan fingerprint density at radius 3 is 2.48 bits per heavy atom. The molecule has 0 saturated heterocycles. The van der Waals surface area contributed by atoms with Crippen LogP contribution in [0, 0.1) is 0 Å². The molecule has 0 spiro atoms. The van der Waals surface area contributed by atoms with E-state index in [4.69, 9.17) is 10.5 Å². The third-order valence-electron chi connectivity index (χ3n) is 4.25. The normalized spacial score (nSPS) is 11.9. The molecule has 128 valence electrons. The Labute approximate surface area is 148 Å². The molecule has 1 aromatic heterocycles. The predicted octanol–water partition coefficient (Wildman–Crippen LogP) is 4.19. The number of nitrogen functional groups attached to an aromatic ring is 1. The number of rotatable bonds is 6. The van der Waals surface area contributed by atoms with E-state index in [1.54, 1.807) is 13.2 Å². The summed E-state index contributed by atoms with van der Waals surface area (Å²) < 4.78 is 5.45. The van der Waals surface area contributed by atoms with Crippen LogP contribution in [0.5, 0.6) is 5.75 Å². The number of aromatic nitrogens is 1. The van der Waals surface area contributed by atoms with Crippen LogP contribution in [-0.4, -0.2) is 12.1 Å². The Morgan fingerprint density at radius 1 is 1.00 bits per heavy atom. The first-order valence-electron chi connectivity index (χ1n) is 8.35. The number of nitrogens with one attached hydrogen (secondary N) is 1. The summed E-state index contributed by atoms with van der Waals surface area (Å²) >= 11 is 0. The number of pyridine rings is 1. The molecule has 0 bridgehead atoms. The molecule has 3 N–H and O–H groups in total. The molecule has 25 heavy (non-hydrogen) atoms. The van der Waals surface area contributed by atoms with Gasteiger partial charge in [-0.1, -0.05) is 48.5 Å². The van der Waals surface area contributed by atoms with E-state index in [1.165, 1.54) is 5.56 Å². The van der Waals surface area contributed by atoms with Crippen molar-refractivity contribution in [3.8, 4) is 16.9 Å². The van der Waals surface area contributed by atoms with Crippen LogP contribution >= 0.6 is 0 Å².